The number of carbonyl (C=O) groups excluding carboxylic acids is 1. The molecule has 5 heteroatoms. The Hall–Kier alpha value is -1.62. The highest BCUT2D eigenvalue weighted by molar-refractivity contribution is 7.13. The van der Waals surface area contributed by atoms with Gasteiger partial charge in [-0.2, -0.15) is 0 Å². The van der Waals surface area contributed by atoms with Crippen molar-refractivity contribution in [2.45, 2.75) is 39.7 Å². The first kappa shape index (κ1) is 12.4. The molecule has 4 nitrogen and oxygen atoms in total. The molecular weight excluding hydrogens is 258 g/mol. The van der Waals surface area contributed by atoms with Crippen LogP contribution in [0.3, 0.4) is 0 Å². The second-order valence-corrected chi connectivity index (χ2v) is 5.99. The number of nitrogens with one attached hydrogen (secondary N) is 1. The Labute approximate surface area is 116 Å². The third-order valence-electron chi connectivity index (χ3n) is 3.48. The minimum absolute atomic E-state index is 0.0608. The summed E-state index contributed by atoms with van der Waals surface area (Å²) in [5.41, 5.74) is 3.92. The molecule has 1 aliphatic carbocycles. The van der Waals surface area contributed by atoms with Crippen molar-refractivity contribution in [3.63, 3.8) is 0 Å². The maximum Gasteiger partial charge on any atom is 0.259 e. The number of anilines is 1. The fraction of sp³-hybridized carbons (Fsp3) is 0.429. The van der Waals surface area contributed by atoms with Crippen molar-refractivity contribution in [3.05, 3.63) is 34.1 Å². The van der Waals surface area contributed by atoms with Crippen LogP contribution in [0.5, 0.6) is 0 Å². The summed E-state index contributed by atoms with van der Waals surface area (Å²) in [5, 5.41) is 5.47. The largest absolute Gasteiger partial charge is 0.345 e. The van der Waals surface area contributed by atoms with Crippen molar-refractivity contribution in [2.24, 2.45) is 0 Å². The average molecular weight is 275 g/mol. The van der Waals surface area contributed by atoms with E-state index >= 15 is 0 Å². The van der Waals surface area contributed by atoms with Crippen LogP contribution in [-0.4, -0.2) is 15.5 Å². The Morgan fingerprint density at radius 2 is 2.16 bits per heavy atom. The molecular formula is C14H17N3OS. The molecule has 1 saturated carbocycles. The molecule has 1 N–H and O–H groups in total. The molecule has 0 spiro atoms. The van der Waals surface area contributed by atoms with Gasteiger partial charge in [0.15, 0.2) is 5.13 Å². The number of aryl methyl sites for hydroxylation is 2. The standard InChI is InChI=1S/C14H17N3OS/c1-8-7-19-14(15-8)16-13(18)12-6-9(2)17(10(12)3)11-4-5-11/h6-7,11H,4-5H2,1-3H3,(H,15,16,18). The van der Waals surface area contributed by atoms with Gasteiger partial charge in [-0.1, -0.05) is 0 Å². The van der Waals surface area contributed by atoms with E-state index in [0.717, 1.165) is 17.0 Å². The van der Waals surface area contributed by atoms with Crippen LogP contribution in [0, 0.1) is 20.8 Å². The van der Waals surface area contributed by atoms with Crippen LogP contribution >= 0.6 is 11.3 Å². The normalized spacial score (nSPS) is 14.7. The van der Waals surface area contributed by atoms with Gasteiger partial charge in [-0.25, -0.2) is 4.98 Å². The van der Waals surface area contributed by atoms with Gasteiger partial charge < -0.3 is 4.57 Å². The Kier molecular flexibility index (Phi) is 2.93. The van der Waals surface area contributed by atoms with Crippen molar-refractivity contribution in [2.75, 3.05) is 5.32 Å². The molecule has 0 unspecified atom stereocenters. The minimum Gasteiger partial charge on any atom is -0.345 e. The Balaban J connectivity index is 1.85. The quantitative estimate of drug-likeness (QED) is 0.932. The molecule has 0 radical (unpaired) electrons. The van der Waals surface area contributed by atoms with Crippen LogP contribution in [0.2, 0.25) is 0 Å². The van der Waals surface area contributed by atoms with Crippen LogP contribution in [0.1, 0.15) is 46.3 Å². The van der Waals surface area contributed by atoms with Crippen molar-refractivity contribution < 1.29 is 4.79 Å². The summed E-state index contributed by atoms with van der Waals surface area (Å²) in [7, 11) is 0. The summed E-state index contributed by atoms with van der Waals surface area (Å²) < 4.78 is 2.28. The Morgan fingerprint density at radius 1 is 1.42 bits per heavy atom. The zero-order chi connectivity index (χ0) is 13.6. The number of aromatic nitrogens is 2. The van der Waals surface area contributed by atoms with Crippen LogP contribution in [0.15, 0.2) is 11.4 Å². The molecule has 19 heavy (non-hydrogen) atoms. The van der Waals surface area contributed by atoms with E-state index in [0.29, 0.717) is 11.2 Å². The van der Waals surface area contributed by atoms with E-state index in [-0.39, 0.29) is 5.91 Å². The van der Waals surface area contributed by atoms with E-state index < -0.39 is 0 Å². The number of carbonyl (C=O) groups is 1. The number of nitrogens with zero attached hydrogens (tertiary/aromatic N) is 2. The number of thiazole rings is 1. The zero-order valence-corrected chi connectivity index (χ0v) is 12.2. The van der Waals surface area contributed by atoms with E-state index in [1.165, 1.54) is 29.9 Å². The third-order valence-corrected chi connectivity index (χ3v) is 4.36. The predicted octanol–water partition coefficient (Wildman–Crippen LogP) is 3.46. The van der Waals surface area contributed by atoms with Crippen molar-refractivity contribution in [1.29, 1.82) is 0 Å². The summed E-state index contributed by atoms with van der Waals surface area (Å²) in [6.45, 7) is 6.01. The fourth-order valence-corrected chi connectivity index (χ4v) is 3.16. The zero-order valence-electron chi connectivity index (χ0n) is 11.4. The summed E-state index contributed by atoms with van der Waals surface area (Å²) in [6, 6.07) is 2.58. The molecule has 2 heterocycles. The second kappa shape index (κ2) is 4.49. The molecule has 2 aromatic rings. The monoisotopic (exact) mass is 275 g/mol. The Morgan fingerprint density at radius 3 is 2.74 bits per heavy atom. The maximum absolute atomic E-state index is 12.3. The van der Waals surface area contributed by atoms with Crippen LogP contribution in [-0.2, 0) is 0 Å². The van der Waals surface area contributed by atoms with Gasteiger partial charge in [0.2, 0.25) is 0 Å². The lowest BCUT2D eigenvalue weighted by Gasteiger charge is -2.07. The third kappa shape index (κ3) is 2.30. The average Bonchev–Trinajstić information content (AvgIpc) is 3.03. The van der Waals surface area contributed by atoms with Crippen molar-refractivity contribution in [3.8, 4) is 0 Å². The van der Waals surface area contributed by atoms with E-state index in [9.17, 15) is 4.79 Å². The number of amides is 1. The minimum atomic E-state index is -0.0608. The SMILES string of the molecule is Cc1csc(NC(=O)c2cc(C)n(C3CC3)c2C)n1. The molecule has 1 amide bonds. The van der Waals surface area contributed by atoms with Gasteiger partial charge in [-0.15, -0.1) is 11.3 Å². The van der Waals surface area contributed by atoms with Crippen molar-refractivity contribution in [1.82, 2.24) is 9.55 Å². The van der Waals surface area contributed by atoms with Crippen LogP contribution in [0.4, 0.5) is 5.13 Å². The number of hydrogen-bond donors (Lipinski definition) is 1. The smallest absolute Gasteiger partial charge is 0.259 e. The lowest BCUT2D eigenvalue weighted by atomic mass is 10.2. The topological polar surface area (TPSA) is 46.9 Å². The van der Waals surface area contributed by atoms with E-state index in [1.54, 1.807) is 0 Å². The lowest BCUT2D eigenvalue weighted by molar-refractivity contribution is 0.102. The molecule has 1 aliphatic rings. The van der Waals surface area contributed by atoms with Gasteiger partial charge in [-0.3, -0.25) is 10.1 Å². The van der Waals surface area contributed by atoms with Gasteiger partial charge >= 0.3 is 0 Å². The van der Waals surface area contributed by atoms with Crippen molar-refractivity contribution >= 4 is 22.4 Å². The summed E-state index contributed by atoms with van der Waals surface area (Å²) >= 11 is 1.46. The second-order valence-electron chi connectivity index (χ2n) is 5.13. The maximum atomic E-state index is 12.3. The molecule has 0 aliphatic heterocycles. The molecule has 1 fully saturated rings. The highest BCUT2D eigenvalue weighted by atomic mass is 32.1. The first-order valence-corrected chi connectivity index (χ1v) is 7.36. The fourth-order valence-electron chi connectivity index (χ4n) is 2.48. The number of rotatable bonds is 3. The van der Waals surface area contributed by atoms with Crippen LogP contribution in [0.25, 0.3) is 0 Å². The van der Waals surface area contributed by atoms with Crippen LogP contribution < -0.4 is 5.32 Å². The molecule has 0 aromatic carbocycles. The molecule has 0 saturated heterocycles. The van der Waals surface area contributed by atoms with Gasteiger partial charge in [0.25, 0.3) is 5.91 Å². The summed E-state index contributed by atoms with van der Waals surface area (Å²) in [4.78, 5) is 16.6. The molecule has 2 aromatic heterocycles. The van der Waals surface area contributed by atoms with Gasteiger partial charge in [-0.05, 0) is 39.7 Å². The lowest BCUT2D eigenvalue weighted by Crippen LogP contribution is -2.13. The molecule has 100 valence electrons. The Bertz CT molecular complexity index is 637. The van der Waals surface area contributed by atoms with Gasteiger partial charge in [0.05, 0.1) is 11.3 Å². The van der Waals surface area contributed by atoms with E-state index in [2.05, 4.69) is 21.8 Å². The first-order chi connectivity index (χ1) is 9.06. The number of hydrogen-bond acceptors (Lipinski definition) is 3. The highest BCUT2D eigenvalue weighted by Crippen LogP contribution is 2.38. The predicted molar refractivity (Wildman–Crippen MR) is 77.0 cm³/mol. The highest BCUT2D eigenvalue weighted by Gasteiger charge is 2.28. The molecule has 0 bridgehead atoms. The first-order valence-electron chi connectivity index (χ1n) is 6.48. The van der Waals surface area contributed by atoms with Gasteiger partial charge in [0.1, 0.15) is 0 Å². The molecule has 0 atom stereocenters. The van der Waals surface area contributed by atoms with E-state index in [4.69, 9.17) is 0 Å². The van der Waals surface area contributed by atoms with E-state index in [1.807, 2.05) is 25.3 Å². The summed E-state index contributed by atoms with van der Waals surface area (Å²) in [6.07, 6.45) is 2.45. The summed E-state index contributed by atoms with van der Waals surface area (Å²) in [5.74, 6) is -0.0608. The van der Waals surface area contributed by atoms with Gasteiger partial charge in [0, 0.05) is 22.8 Å². The molecule has 3 rings (SSSR count).